The van der Waals surface area contributed by atoms with E-state index in [0.717, 1.165) is 37.2 Å². The van der Waals surface area contributed by atoms with Crippen LogP contribution in [0.15, 0.2) is 10.8 Å². The van der Waals surface area contributed by atoms with Gasteiger partial charge in [0.1, 0.15) is 0 Å². The summed E-state index contributed by atoms with van der Waals surface area (Å²) in [5, 5.41) is 10.1. The molecule has 0 unspecified atom stereocenters. The summed E-state index contributed by atoms with van der Waals surface area (Å²) in [7, 11) is 0. The topological polar surface area (TPSA) is 50.7 Å². The van der Waals surface area contributed by atoms with Gasteiger partial charge in [0.05, 0.1) is 27.0 Å². The average molecular weight is 308 g/mol. The zero-order valence-electron chi connectivity index (χ0n) is 10.7. The highest BCUT2D eigenvalue weighted by molar-refractivity contribution is 7.17. The third-order valence-electron chi connectivity index (χ3n) is 2.47. The van der Waals surface area contributed by atoms with Gasteiger partial charge in [-0.25, -0.2) is 15.0 Å². The number of hydrogen-bond donors (Lipinski definition) is 1. The van der Waals surface area contributed by atoms with Crippen LogP contribution in [0.4, 0.5) is 10.3 Å². The largest absolute Gasteiger partial charge is 0.307 e. The van der Waals surface area contributed by atoms with Crippen molar-refractivity contribution in [3.05, 3.63) is 27.2 Å². The first-order valence-electron chi connectivity index (χ1n) is 5.71. The Balaban J connectivity index is 1.85. The van der Waals surface area contributed by atoms with Gasteiger partial charge in [0.15, 0.2) is 10.3 Å². The molecule has 7 heteroatoms. The summed E-state index contributed by atoms with van der Waals surface area (Å²) in [6.07, 6.45) is 0. The zero-order chi connectivity index (χ0) is 13.4. The molecule has 0 bridgehead atoms. The summed E-state index contributed by atoms with van der Waals surface area (Å²) in [5.74, 6) is 0. The van der Waals surface area contributed by atoms with Gasteiger partial charge in [-0.15, -0.1) is 34.0 Å². The molecule has 0 aliphatic heterocycles. The van der Waals surface area contributed by atoms with Crippen LogP contribution in [0.5, 0.6) is 0 Å². The van der Waals surface area contributed by atoms with E-state index in [1.165, 1.54) is 0 Å². The molecule has 0 fully saturated rings. The van der Waals surface area contributed by atoms with Gasteiger partial charge in [0.2, 0.25) is 0 Å². The SMILES string of the molecule is Cc1csc(Nc2nc(-c3sc(C)nc3C)cs2)n1. The molecule has 3 heterocycles. The summed E-state index contributed by atoms with van der Waals surface area (Å²) < 4.78 is 0. The maximum atomic E-state index is 4.60. The maximum absolute atomic E-state index is 4.60. The third kappa shape index (κ3) is 2.68. The summed E-state index contributed by atoms with van der Waals surface area (Å²) in [6.45, 7) is 6.03. The van der Waals surface area contributed by atoms with E-state index in [1.54, 1.807) is 34.0 Å². The van der Waals surface area contributed by atoms with Gasteiger partial charge in [0, 0.05) is 10.8 Å². The lowest BCUT2D eigenvalue weighted by Crippen LogP contribution is -1.88. The highest BCUT2D eigenvalue weighted by Crippen LogP contribution is 2.33. The van der Waals surface area contributed by atoms with E-state index in [0.29, 0.717) is 0 Å². The lowest BCUT2D eigenvalue weighted by molar-refractivity contribution is 1.20. The van der Waals surface area contributed by atoms with Crippen molar-refractivity contribution in [2.75, 3.05) is 5.32 Å². The molecule has 0 aromatic carbocycles. The number of nitrogens with zero attached hydrogens (tertiary/aromatic N) is 3. The van der Waals surface area contributed by atoms with Crippen LogP contribution in [-0.4, -0.2) is 15.0 Å². The van der Waals surface area contributed by atoms with Gasteiger partial charge in [-0.05, 0) is 20.8 Å². The number of aryl methyl sites for hydroxylation is 3. The predicted molar refractivity (Wildman–Crippen MR) is 82.8 cm³/mol. The molecule has 3 aromatic heterocycles. The Kier molecular flexibility index (Phi) is 3.34. The second-order valence-corrected chi connectivity index (χ2v) is 7.02. The maximum Gasteiger partial charge on any atom is 0.189 e. The fraction of sp³-hybridized carbons (Fsp3) is 0.250. The number of anilines is 2. The second kappa shape index (κ2) is 4.99. The molecule has 98 valence electrons. The molecule has 0 radical (unpaired) electrons. The van der Waals surface area contributed by atoms with Crippen LogP contribution in [0, 0.1) is 20.8 Å². The highest BCUT2D eigenvalue weighted by atomic mass is 32.1. The average Bonchev–Trinajstić information content (AvgIpc) is 3.02. The predicted octanol–water partition coefficient (Wildman–Crippen LogP) is 4.39. The van der Waals surface area contributed by atoms with Crippen LogP contribution in [-0.2, 0) is 0 Å². The van der Waals surface area contributed by atoms with E-state index in [-0.39, 0.29) is 0 Å². The molecule has 0 aliphatic rings. The van der Waals surface area contributed by atoms with Gasteiger partial charge in [-0.2, -0.15) is 0 Å². The number of aromatic nitrogens is 3. The van der Waals surface area contributed by atoms with E-state index >= 15 is 0 Å². The molecule has 0 amide bonds. The van der Waals surface area contributed by atoms with Crippen molar-refractivity contribution in [3.8, 4) is 10.6 Å². The fourth-order valence-corrected chi connectivity index (χ4v) is 4.11. The Hall–Kier alpha value is -1.31. The van der Waals surface area contributed by atoms with Gasteiger partial charge in [-0.1, -0.05) is 0 Å². The monoisotopic (exact) mass is 308 g/mol. The van der Waals surface area contributed by atoms with Gasteiger partial charge < -0.3 is 5.32 Å². The van der Waals surface area contributed by atoms with Crippen molar-refractivity contribution < 1.29 is 0 Å². The normalized spacial score (nSPS) is 10.9. The molecule has 3 aromatic rings. The van der Waals surface area contributed by atoms with Crippen LogP contribution in [0.25, 0.3) is 10.6 Å². The first-order chi connectivity index (χ1) is 9.11. The van der Waals surface area contributed by atoms with Crippen molar-refractivity contribution in [1.29, 1.82) is 0 Å². The molecule has 4 nitrogen and oxygen atoms in total. The smallest absolute Gasteiger partial charge is 0.189 e. The minimum atomic E-state index is 0.870. The van der Waals surface area contributed by atoms with E-state index in [2.05, 4.69) is 25.6 Å². The minimum absolute atomic E-state index is 0.870. The molecule has 0 spiro atoms. The van der Waals surface area contributed by atoms with E-state index in [9.17, 15) is 0 Å². The standard InChI is InChI=1S/C12H12N4S3/c1-6-4-17-11(13-6)16-12-15-9(5-18-12)10-7(2)14-8(3)19-10/h4-5H,1-3H3,(H,13,15,16). The molecule has 3 rings (SSSR count). The van der Waals surface area contributed by atoms with Crippen molar-refractivity contribution in [1.82, 2.24) is 15.0 Å². The second-order valence-electron chi connectivity index (χ2n) is 4.10. The molecular formula is C12H12N4S3. The number of nitrogens with one attached hydrogen (secondary N) is 1. The Bertz CT molecular complexity index is 710. The molecular weight excluding hydrogens is 296 g/mol. The first kappa shape index (κ1) is 12.7. The van der Waals surface area contributed by atoms with Crippen LogP contribution < -0.4 is 5.32 Å². The van der Waals surface area contributed by atoms with Crippen LogP contribution >= 0.6 is 34.0 Å². The van der Waals surface area contributed by atoms with Crippen LogP contribution in [0.1, 0.15) is 16.4 Å². The van der Waals surface area contributed by atoms with Crippen molar-refractivity contribution in [3.63, 3.8) is 0 Å². The number of hydrogen-bond acceptors (Lipinski definition) is 7. The quantitative estimate of drug-likeness (QED) is 0.779. The fourth-order valence-electron chi connectivity index (χ4n) is 1.71. The lowest BCUT2D eigenvalue weighted by atomic mass is 10.3. The highest BCUT2D eigenvalue weighted by Gasteiger charge is 2.12. The summed E-state index contributed by atoms with van der Waals surface area (Å²) in [5.41, 5.74) is 3.06. The van der Waals surface area contributed by atoms with Crippen LogP contribution in [0.3, 0.4) is 0 Å². The van der Waals surface area contributed by atoms with Crippen molar-refractivity contribution in [2.45, 2.75) is 20.8 Å². The molecule has 0 aliphatic carbocycles. The van der Waals surface area contributed by atoms with Crippen molar-refractivity contribution >= 4 is 44.3 Å². The van der Waals surface area contributed by atoms with Crippen LogP contribution in [0.2, 0.25) is 0 Å². The Labute approximate surface area is 123 Å². The minimum Gasteiger partial charge on any atom is -0.307 e. The summed E-state index contributed by atoms with van der Waals surface area (Å²) in [4.78, 5) is 14.6. The van der Waals surface area contributed by atoms with E-state index in [1.807, 2.05) is 26.2 Å². The van der Waals surface area contributed by atoms with Crippen molar-refractivity contribution in [2.24, 2.45) is 0 Å². The zero-order valence-corrected chi connectivity index (χ0v) is 13.2. The van der Waals surface area contributed by atoms with Gasteiger partial charge in [-0.3, -0.25) is 0 Å². The number of thiazole rings is 3. The Morgan fingerprint density at radius 2 is 1.68 bits per heavy atom. The third-order valence-corrected chi connectivity index (χ3v) is 5.20. The summed E-state index contributed by atoms with van der Waals surface area (Å²) in [6, 6.07) is 0. The summed E-state index contributed by atoms with van der Waals surface area (Å²) >= 11 is 4.86. The Morgan fingerprint density at radius 3 is 2.32 bits per heavy atom. The molecule has 0 saturated heterocycles. The molecule has 19 heavy (non-hydrogen) atoms. The molecule has 0 atom stereocenters. The van der Waals surface area contributed by atoms with Gasteiger partial charge >= 0.3 is 0 Å². The lowest BCUT2D eigenvalue weighted by Gasteiger charge is -1.95. The Morgan fingerprint density at radius 1 is 0.947 bits per heavy atom. The number of rotatable bonds is 3. The molecule has 1 N–H and O–H groups in total. The molecule has 0 saturated carbocycles. The van der Waals surface area contributed by atoms with Gasteiger partial charge in [0.25, 0.3) is 0 Å². The van der Waals surface area contributed by atoms with E-state index in [4.69, 9.17) is 0 Å². The first-order valence-corrected chi connectivity index (χ1v) is 8.28. The van der Waals surface area contributed by atoms with E-state index < -0.39 is 0 Å².